The van der Waals surface area contributed by atoms with E-state index in [0.29, 0.717) is 5.56 Å². The zero-order chi connectivity index (χ0) is 12.3. The number of nitrogens with zero attached hydrogens (tertiary/aromatic N) is 1. The van der Waals surface area contributed by atoms with Crippen molar-refractivity contribution in [1.29, 1.82) is 5.26 Å². The Morgan fingerprint density at radius 3 is 2.24 bits per heavy atom. The van der Waals surface area contributed by atoms with Gasteiger partial charge in [0.2, 0.25) is 0 Å². The summed E-state index contributed by atoms with van der Waals surface area (Å²) in [7, 11) is 0. The van der Waals surface area contributed by atoms with Gasteiger partial charge in [0.05, 0.1) is 9.30 Å². The lowest BCUT2D eigenvalue weighted by molar-refractivity contribution is 1.36. The highest BCUT2D eigenvalue weighted by molar-refractivity contribution is 9.24. The predicted octanol–water partition coefficient (Wildman–Crippen LogP) is 5.01. The van der Waals surface area contributed by atoms with Crippen molar-refractivity contribution in [2.24, 2.45) is 0 Å². The van der Waals surface area contributed by atoms with Crippen LogP contribution in [0.25, 0.3) is 11.1 Å². The summed E-state index contributed by atoms with van der Waals surface area (Å²) in [5, 5.41) is 9.32. The van der Waals surface area contributed by atoms with Crippen LogP contribution in [0.15, 0.2) is 48.5 Å². The first-order chi connectivity index (χ1) is 8.24. The monoisotopic (exact) mass is 349 g/mol. The Morgan fingerprint density at radius 1 is 0.941 bits per heavy atom. The summed E-state index contributed by atoms with van der Waals surface area (Å²) >= 11 is 6.89. The van der Waals surface area contributed by atoms with Crippen LogP contribution >= 0.6 is 31.9 Å². The Labute approximate surface area is 117 Å². The summed E-state index contributed by atoms with van der Waals surface area (Å²) < 4.78 is -0.00619. The van der Waals surface area contributed by atoms with Gasteiger partial charge in [0.1, 0.15) is 6.07 Å². The molecule has 0 bridgehead atoms. The van der Waals surface area contributed by atoms with Gasteiger partial charge < -0.3 is 0 Å². The van der Waals surface area contributed by atoms with E-state index < -0.39 is 0 Å². The largest absolute Gasteiger partial charge is 0.192 e. The van der Waals surface area contributed by atoms with Crippen LogP contribution in [0.1, 0.15) is 14.9 Å². The van der Waals surface area contributed by atoms with Crippen LogP contribution in [0.5, 0.6) is 0 Å². The molecule has 2 aromatic carbocycles. The third-order valence-corrected chi connectivity index (χ3v) is 3.51. The second kappa shape index (κ2) is 5.48. The van der Waals surface area contributed by atoms with Crippen molar-refractivity contribution in [3.05, 3.63) is 59.7 Å². The topological polar surface area (TPSA) is 23.8 Å². The minimum absolute atomic E-state index is 0.00619. The Hall–Kier alpha value is -1.11. The minimum Gasteiger partial charge on any atom is -0.192 e. The molecule has 0 spiro atoms. The first kappa shape index (κ1) is 12.3. The fraction of sp³-hybridized carbons (Fsp3) is 0.0714. The van der Waals surface area contributed by atoms with E-state index in [9.17, 15) is 5.26 Å². The summed E-state index contributed by atoms with van der Waals surface area (Å²) in [6, 6.07) is 18.1. The van der Waals surface area contributed by atoms with Gasteiger partial charge >= 0.3 is 0 Å². The first-order valence-corrected chi connectivity index (χ1v) is 6.93. The van der Waals surface area contributed by atoms with Crippen LogP contribution in [0.2, 0.25) is 0 Å². The molecule has 0 saturated heterocycles. The van der Waals surface area contributed by atoms with Crippen LogP contribution in [-0.2, 0) is 0 Å². The van der Waals surface area contributed by atoms with E-state index >= 15 is 0 Å². The summed E-state index contributed by atoms with van der Waals surface area (Å²) in [6.07, 6.45) is 0. The number of alkyl halides is 2. The first-order valence-electron chi connectivity index (χ1n) is 5.10. The quantitative estimate of drug-likeness (QED) is 0.698. The molecule has 0 saturated carbocycles. The molecular formula is C14H9Br2N. The van der Waals surface area contributed by atoms with Gasteiger partial charge in [-0.3, -0.25) is 0 Å². The van der Waals surface area contributed by atoms with E-state index in [4.69, 9.17) is 0 Å². The molecule has 84 valence electrons. The standard InChI is InChI=1S/C14H9Br2N/c15-14(16)12-8-4-7-11(13(12)9-17)10-5-2-1-3-6-10/h1-8,14H. The maximum atomic E-state index is 9.32. The predicted molar refractivity (Wildman–Crippen MR) is 77.2 cm³/mol. The van der Waals surface area contributed by atoms with Crippen LogP contribution in [0.3, 0.4) is 0 Å². The van der Waals surface area contributed by atoms with Gasteiger partial charge in [-0.25, -0.2) is 0 Å². The Bertz CT molecular complexity index is 556. The lowest BCUT2D eigenvalue weighted by Gasteiger charge is -2.10. The SMILES string of the molecule is N#Cc1c(-c2ccccc2)cccc1C(Br)Br. The number of benzene rings is 2. The van der Waals surface area contributed by atoms with Gasteiger partial charge in [0.15, 0.2) is 0 Å². The molecule has 0 fully saturated rings. The fourth-order valence-electron chi connectivity index (χ4n) is 1.74. The highest BCUT2D eigenvalue weighted by atomic mass is 79.9. The van der Waals surface area contributed by atoms with Gasteiger partial charge in [-0.15, -0.1) is 0 Å². The molecule has 0 radical (unpaired) electrons. The smallest absolute Gasteiger partial charge is 0.100 e. The van der Waals surface area contributed by atoms with Crippen LogP contribution < -0.4 is 0 Å². The number of hydrogen-bond donors (Lipinski definition) is 0. The summed E-state index contributed by atoms with van der Waals surface area (Å²) in [6.45, 7) is 0. The van der Waals surface area contributed by atoms with Gasteiger partial charge in [0, 0.05) is 0 Å². The van der Waals surface area contributed by atoms with Gasteiger partial charge in [-0.1, -0.05) is 80.4 Å². The highest BCUT2D eigenvalue weighted by Gasteiger charge is 2.13. The summed E-state index contributed by atoms with van der Waals surface area (Å²) in [5.41, 5.74) is 3.69. The minimum atomic E-state index is -0.00619. The van der Waals surface area contributed by atoms with Crippen molar-refractivity contribution < 1.29 is 0 Å². The fourth-order valence-corrected chi connectivity index (χ4v) is 2.50. The van der Waals surface area contributed by atoms with E-state index in [1.165, 1.54) is 0 Å². The summed E-state index contributed by atoms with van der Waals surface area (Å²) in [4.78, 5) is 0. The van der Waals surface area contributed by atoms with Crippen molar-refractivity contribution in [3.8, 4) is 17.2 Å². The second-order valence-electron chi connectivity index (χ2n) is 3.55. The van der Waals surface area contributed by atoms with E-state index in [1.54, 1.807) is 0 Å². The third kappa shape index (κ3) is 2.59. The zero-order valence-electron chi connectivity index (χ0n) is 8.90. The molecule has 0 unspecified atom stereocenters. The lowest BCUT2D eigenvalue weighted by Crippen LogP contribution is -1.92. The van der Waals surface area contributed by atoms with Gasteiger partial charge in [-0.05, 0) is 16.7 Å². The van der Waals surface area contributed by atoms with Crippen molar-refractivity contribution in [2.45, 2.75) is 3.74 Å². The van der Waals surface area contributed by atoms with Gasteiger partial charge in [0.25, 0.3) is 0 Å². The average molecular weight is 351 g/mol. The molecular weight excluding hydrogens is 342 g/mol. The molecule has 0 atom stereocenters. The molecule has 0 heterocycles. The molecule has 17 heavy (non-hydrogen) atoms. The number of rotatable bonds is 2. The number of halogens is 2. The molecule has 0 aliphatic heterocycles. The van der Waals surface area contributed by atoms with Crippen molar-refractivity contribution in [3.63, 3.8) is 0 Å². The lowest BCUT2D eigenvalue weighted by atomic mass is 9.97. The molecule has 0 N–H and O–H groups in total. The molecule has 0 aromatic heterocycles. The average Bonchev–Trinajstić information content (AvgIpc) is 2.38. The molecule has 2 aromatic rings. The van der Waals surface area contributed by atoms with Crippen molar-refractivity contribution in [2.75, 3.05) is 0 Å². The van der Waals surface area contributed by atoms with E-state index in [-0.39, 0.29) is 3.74 Å². The van der Waals surface area contributed by atoms with Crippen molar-refractivity contribution in [1.82, 2.24) is 0 Å². The van der Waals surface area contributed by atoms with Gasteiger partial charge in [-0.2, -0.15) is 5.26 Å². The number of hydrogen-bond acceptors (Lipinski definition) is 1. The highest BCUT2D eigenvalue weighted by Crippen LogP contribution is 2.35. The molecule has 0 aliphatic rings. The third-order valence-electron chi connectivity index (χ3n) is 2.53. The molecule has 3 heteroatoms. The van der Waals surface area contributed by atoms with Crippen molar-refractivity contribution >= 4 is 31.9 Å². The molecule has 0 aliphatic carbocycles. The molecule has 1 nitrogen and oxygen atoms in total. The van der Waals surface area contributed by atoms with Crippen LogP contribution in [0, 0.1) is 11.3 Å². The summed E-state index contributed by atoms with van der Waals surface area (Å²) in [5.74, 6) is 0. The number of nitriles is 1. The van der Waals surface area contributed by atoms with E-state index in [1.807, 2.05) is 48.5 Å². The van der Waals surface area contributed by atoms with E-state index in [2.05, 4.69) is 37.9 Å². The maximum absolute atomic E-state index is 9.32. The van der Waals surface area contributed by atoms with E-state index in [0.717, 1.165) is 16.7 Å². The molecule has 2 rings (SSSR count). The maximum Gasteiger partial charge on any atom is 0.100 e. The Balaban J connectivity index is 2.64. The normalized spacial score (nSPS) is 10.2. The Kier molecular flexibility index (Phi) is 3.98. The second-order valence-corrected chi connectivity index (χ2v) is 6.61. The van der Waals surface area contributed by atoms with Crippen LogP contribution in [0.4, 0.5) is 0 Å². The van der Waals surface area contributed by atoms with Crippen LogP contribution in [-0.4, -0.2) is 0 Å². The molecule has 0 amide bonds. The Morgan fingerprint density at radius 2 is 1.65 bits per heavy atom. The zero-order valence-corrected chi connectivity index (χ0v) is 12.1.